The third-order valence-corrected chi connectivity index (χ3v) is 11.6. The number of esters is 2. The summed E-state index contributed by atoms with van der Waals surface area (Å²) >= 11 is 0. The molecule has 5 rings (SSSR count). The van der Waals surface area contributed by atoms with Crippen LogP contribution in [0, 0.1) is 22.7 Å². The van der Waals surface area contributed by atoms with Crippen LogP contribution in [0.2, 0.25) is 0 Å². The first-order valence-electron chi connectivity index (χ1n) is 15.5. The predicted octanol–water partition coefficient (Wildman–Crippen LogP) is 2.53. The number of carbonyl (C=O) groups is 4. The molecule has 12 nitrogen and oxygen atoms in total. The van der Waals surface area contributed by atoms with Gasteiger partial charge in [0.15, 0.2) is 17.5 Å². The van der Waals surface area contributed by atoms with Crippen LogP contribution in [-0.4, -0.2) is 94.1 Å². The number of ketones is 1. The van der Waals surface area contributed by atoms with E-state index in [1.807, 2.05) is 0 Å². The van der Waals surface area contributed by atoms with Crippen molar-refractivity contribution in [3.63, 3.8) is 0 Å². The van der Waals surface area contributed by atoms with Crippen LogP contribution < -0.4 is 0 Å². The lowest BCUT2D eigenvalue weighted by molar-refractivity contribution is -0.347. The Bertz CT molecular complexity index is 1260. The number of Topliss-reactive ketones (excluding diaryl/α,β-unsaturated/α-hetero) is 1. The third kappa shape index (κ3) is 4.53. The van der Waals surface area contributed by atoms with Crippen molar-refractivity contribution >= 4 is 23.9 Å². The molecule has 1 unspecified atom stereocenters. The van der Waals surface area contributed by atoms with Crippen molar-refractivity contribution in [2.45, 2.75) is 128 Å². The van der Waals surface area contributed by atoms with Crippen molar-refractivity contribution in [2.75, 3.05) is 13.7 Å². The molecule has 3 N–H and O–H groups in total. The molecule has 0 aromatic rings. The summed E-state index contributed by atoms with van der Waals surface area (Å²) in [6.07, 6.45) is -3.33. The molecule has 0 radical (unpaired) electrons. The number of fused-ring (bicyclic) bond motifs is 5. The van der Waals surface area contributed by atoms with Crippen molar-refractivity contribution in [3.05, 3.63) is 11.1 Å². The Morgan fingerprint density at radius 3 is 2.18 bits per heavy atom. The number of hydrogen-bond acceptors (Lipinski definition) is 12. The van der Waals surface area contributed by atoms with Gasteiger partial charge >= 0.3 is 18.1 Å². The normalized spacial score (nSPS) is 43.3. The maximum absolute atomic E-state index is 15.0. The minimum atomic E-state index is -2.12. The van der Waals surface area contributed by atoms with E-state index in [-0.39, 0.29) is 25.0 Å². The number of hydrogen-bond donors (Lipinski definition) is 3. The zero-order chi connectivity index (χ0) is 32.6. The number of ether oxygens (including phenoxy) is 5. The molecular formula is C32H46O12. The molecule has 9 atom stereocenters. The fraction of sp³-hybridized carbons (Fsp3) is 0.812. The highest BCUT2D eigenvalue weighted by Gasteiger charge is 2.79. The topological polar surface area (TPSA) is 175 Å². The first-order chi connectivity index (χ1) is 20.4. The van der Waals surface area contributed by atoms with E-state index in [1.165, 1.54) is 13.8 Å². The van der Waals surface area contributed by atoms with Crippen LogP contribution in [0.1, 0.15) is 86.5 Å². The second-order valence-electron chi connectivity index (χ2n) is 14.4. The molecule has 1 heterocycles. The van der Waals surface area contributed by atoms with E-state index in [0.29, 0.717) is 18.4 Å². The number of rotatable bonds is 4. The van der Waals surface area contributed by atoms with Crippen molar-refractivity contribution < 1.29 is 58.2 Å². The van der Waals surface area contributed by atoms with E-state index in [9.17, 15) is 34.5 Å². The third-order valence-electron chi connectivity index (χ3n) is 11.6. The zero-order valence-corrected chi connectivity index (χ0v) is 26.6. The molecule has 4 fully saturated rings. The fourth-order valence-electron chi connectivity index (χ4n) is 8.87. The molecule has 1 aliphatic heterocycles. The van der Waals surface area contributed by atoms with Gasteiger partial charge in [0.05, 0.1) is 42.7 Å². The Morgan fingerprint density at radius 2 is 1.64 bits per heavy atom. The highest BCUT2D eigenvalue weighted by molar-refractivity contribution is 5.95. The quantitative estimate of drug-likeness (QED) is 0.238. The second kappa shape index (κ2) is 10.8. The van der Waals surface area contributed by atoms with Gasteiger partial charge in [0.25, 0.3) is 0 Å². The lowest BCUT2D eigenvalue weighted by Crippen LogP contribution is -2.82. The number of aliphatic hydroxyl groups excluding tert-OH is 1. The summed E-state index contributed by atoms with van der Waals surface area (Å²) < 4.78 is 28.6. The monoisotopic (exact) mass is 622 g/mol. The molecule has 4 aliphatic carbocycles. The lowest BCUT2D eigenvalue weighted by atomic mass is 9.44. The maximum Gasteiger partial charge on any atom is 0.508 e. The summed E-state index contributed by atoms with van der Waals surface area (Å²) in [6.45, 7) is 8.76. The van der Waals surface area contributed by atoms with Gasteiger partial charge in [0, 0.05) is 25.2 Å². The average molecular weight is 623 g/mol. The highest BCUT2D eigenvalue weighted by atomic mass is 16.8. The molecule has 3 saturated carbocycles. The Labute approximate surface area is 257 Å². The van der Waals surface area contributed by atoms with Crippen LogP contribution in [0.25, 0.3) is 0 Å². The van der Waals surface area contributed by atoms with Crippen LogP contribution in [0.4, 0.5) is 4.79 Å². The summed E-state index contributed by atoms with van der Waals surface area (Å²) in [6, 6.07) is 0. The van der Waals surface area contributed by atoms with Crippen LogP contribution in [0.15, 0.2) is 11.1 Å². The van der Waals surface area contributed by atoms with Gasteiger partial charge in [0.1, 0.15) is 17.8 Å². The molecule has 12 heteroatoms. The molecular weight excluding hydrogens is 576 g/mol. The summed E-state index contributed by atoms with van der Waals surface area (Å²) in [5, 5.41) is 36.7. The highest BCUT2D eigenvalue weighted by Crippen LogP contribution is 2.65. The van der Waals surface area contributed by atoms with E-state index >= 15 is 0 Å². The van der Waals surface area contributed by atoms with Gasteiger partial charge < -0.3 is 39.0 Å². The van der Waals surface area contributed by atoms with E-state index in [1.54, 1.807) is 20.8 Å². The van der Waals surface area contributed by atoms with E-state index in [2.05, 4.69) is 0 Å². The van der Waals surface area contributed by atoms with Gasteiger partial charge in [-0.25, -0.2) is 4.79 Å². The Kier molecular flexibility index (Phi) is 8.04. The van der Waals surface area contributed by atoms with Crippen molar-refractivity contribution in [3.8, 4) is 0 Å². The molecule has 44 heavy (non-hydrogen) atoms. The fourth-order valence-corrected chi connectivity index (χ4v) is 8.87. The van der Waals surface area contributed by atoms with Gasteiger partial charge in [-0.3, -0.25) is 14.4 Å². The van der Waals surface area contributed by atoms with Crippen LogP contribution in [0.3, 0.4) is 0 Å². The molecule has 0 spiro atoms. The number of aliphatic hydroxyl groups is 3. The minimum Gasteiger partial charge on any atom is -0.459 e. The SMILES string of the molecule is COC(=O)O[C@@]12CO[C@@H]1C[C@H](O)[C@@]1(C)C(=O)[C@H](OC(C)=O)C3=C(C)[C@@](C)(O)C[C@@](O)([C@@H](OC(=O)C4CCCCC4)C12)C3(C)C. The first kappa shape index (κ1) is 32.8. The summed E-state index contributed by atoms with van der Waals surface area (Å²) in [5.41, 5.74) is -8.39. The van der Waals surface area contributed by atoms with Crippen LogP contribution >= 0.6 is 0 Å². The van der Waals surface area contributed by atoms with Crippen LogP contribution in [0.5, 0.6) is 0 Å². The smallest absolute Gasteiger partial charge is 0.459 e. The van der Waals surface area contributed by atoms with Gasteiger partial charge in [-0.05, 0) is 44.8 Å². The van der Waals surface area contributed by atoms with Gasteiger partial charge in [0.2, 0.25) is 0 Å². The predicted molar refractivity (Wildman–Crippen MR) is 152 cm³/mol. The summed E-state index contributed by atoms with van der Waals surface area (Å²) in [7, 11) is 1.12. The largest absolute Gasteiger partial charge is 0.508 e. The van der Waals surface area contributed by atoms with Crippen molar-refractivity contribution in [1.82, 2.24) is 0 Å². The second-order valence-corrected chi connectivity index (χ2v) is 14.4. The first-order valence-corrected chi connectivity index (χ1v) is 15.5. The Morgan fingerprint density at radius 1 is 1.00 bits per heavy atom. The average Bonchev–Trinajstić information content (AvgIpc) is 2.94. The Balaban J connectivity index is 1.83. The molecule has 246 valence electrons. The lowest BCUT2D eigenvalue weighted by Gasteiger charge is -2.67. The van der Waals surface area contributed by atoms with Crippen molar-refractivity contribution in [1.29, 1.82) is 0 Å². The van der Waals surface area contributed by atoms with Gasteiger partial charge in [-0.2, -0.15) is 0 Å². The number of methoxy groups -OCH3 is 1. The minimum absolute atomic E-state index is 0.136. The van der Waals surface area contributed by atoms with Gasteiger partial charge in [-0.15, -0.1) is 0 Å². The summed E-state index contributed by atoms with van der Waals surface area (Å²) in [5.74, 6) is -3.95. The molecule has 0 aromatic carbocycles. The molecule has 0 amide bonds. The standard InChI is InChI=1S/C32H46O12/c1-16-21-22(42-17(2)33)24(35)30(6)19(34)13-20-31(15-41-20,44-27(37)40-7)23(30)25(43-26(36)18-11-9-8-10-12-18)32(39,28(21,3)4)14-29(16,5)38/h18-20,22-23,25,34,38-39H,8-15H2,1-7H3/t19-,20+,22+,23?,25-,29-,30+,31-,32+/m0/s1. The molecule has 2 bridgehead atoms. The Hall–Kier alpha value is -2.54. The zero-order valence-electron chi connectivity index (χ0n) is 26.6. The summed E-state index contributed by atoms with van der Waals surface area (Å²) in [4.78, 5) is 54.2. The van der Waals surface area contributed by atoms with Crippen molar-refractivity contribution in [2.24, 2.45) is 22.7 Å². The number of carbonyl (C=O) groups excluding carboxylic acids is 4. The van der Waals surface area contributed by atoms with Crippen LogP contribution in [-0.2, 0) is 38.1 Å². The van der Waals surface area contributed by atoms with E-state index < -0.39 is 87.8 Å². The molecule has 5 aliphatic rings. The molecule has 1 saturated heterocycles. The van der Waals surface area contributed by atoms with E-state index in [4.69, 9.17) is 23.7 Å². The van der Waals surface area contributed by atoms with Gasteiger partial charge in [-0.1, -0.05) is 33.1 Å². The maximum atomic E-state index is 15.0. The molecule has 0 aromatic heterocycles. The van der Waals surface area contributed by atoms with E-state index in [0.717, 1.165) is 33.3 Å².